The number of Topliss-reactive ketones (excluding diaryl/α,β-unsaturated/α-hetero) is 1. The maximum atomic E-state index is 12.2. The quantitative estimate of drug-likeness (QED) is 0.875. The summed E-state index contributed by atoms with van der Waals surface area (Å²) in [7, 11) is 0. The van der Waals surface area contributed by atoms with Crippen molar-refractivity contribution in [1.82, 2.24) is 0 Å². The smallest absolute Gasteiger partial charge is 0.144 e. The molecule has 1 saturated carbocycles. The highest BCUT2D eigenvalue weighted by molar-refractivity contribution is 6.31. The average Bonchev–Trinajstić information content (AvgIpc) is 2.21. The van der Waals surface area contributed by atoms with Gasteiger partial charge in [0.1, 0.15) is 5.78 Å². The number of rotatable bonds is 4. The lowest BCUT2D eigenvalue weighted by molar-refractivity contribution is -0.132. The molecule has 0 unspecified atom stereocenters. The molecule has 2 nitrogen and oxygen atoms in total. The van der Waals surface area contributed by atoms with Crippen LogP contribution >= 0.6 is 11.6 Å². The van der Waals surface area contributed by atoms with Crippen molar-refractivity contribution in [3.63, 3.8) is 0 Å². The molecular weight excluding hydrogens is 222 g/mol. The van der Waals surface area contributed by atoms with E-state index < -0.39 is 0 Å². The van der Waals surface area contributed by atoms with Crippen LogP contribution in [0.4, 0.5) is 0 Å². The molecule has 0 atom stereocenters. The number of hydrogen-bond donors (Lipinski definition) is 1. The Hall–Kier alpha value is -0.860. The van der Waals surface area contributed by atoms with Gasteiger partial charge in [-0.15, -0.1) is 0 Å². The van der Waals surface area contributed by atoms with Gasteiger partial charge in [-0.2, -0.15) is 0 Å². The minimum atomic E-state index is -0.251. The summed E-state index contributed by atoms with van der Waals surface area (Å²) >= 11 is 6.04. The minimum Gasteiger partial charge on any atom is -0.329 e. The van der Waals surface area contributed by atoms with E-state index in [0.29, 0.717) is 18.0 Å². The van der Waals surface area contributed by atoms with Crippen molar-refractivity contribution in [1.29, 1.82) is 0 Å². The third-order valence-corrected chi connectivity index (χ3v) is 3.97. The number of benzene rings is 1. The van der Waals surface area contributed by atoms with Crippen molar-refractivity contribution < 1.29 is 4.79 Å². The number of carbonyl (C=O) groups is 1. The van der Waals surface area contributed by atoms with Gasteiger partial charge >= 0.3 is 0 Å². The van der Waals surface area contributed by atoms with Crippen molar-refractivity contribution >= 4 is 17.4 Å². The van der Waals surface area contributed by atoms with Crippen LogP contribution in [0.5, 0.6) is 0 Å². The summed E-state index contributed by atoms with van der Waals surface area (Å²) in [5.41, 5.74) is 6.37. The highest BCUT2D eigenvalue weighted by atomic mass is 35.5. The fourth-order valence-corrected chi connectivity index (χ4v) is 2.41. The summed E-state index contributed by atoms with van der Waals surface area (Å²) in [4.78, 5) is 12.2. The Morgan fingerprint density at radius 3 is 2.56 bits per heavy atom. The zero-order valence-corrected chi connectivity index (χ0v) is 9.96. The SMILES string of the molecule is NCC1(C(=O)Cc2ccccc2Cl)CCC1. The summed E-state index contributed by atoms with van der Waals surface area (Å²) in [5, 5.41) is 0.669. The number of carbonyl (C=O) groups excluding carboxylic acids is 1. The van der Waals surface area contributed by atoms with Crippen LogP contribution in [-0.4, -0.2) is 12.3 Å². The molecule has 3 heteroatoms. The zero-order valence-electron chi connectivity index (χ0n) is 9.21. The molecule has 1 fully saturated rings. The van der Waals surface area contributed by atoms with Crippen LogP contribution in [0.3, 0.4) is 0 Å². The second-order valence-electron chi connectivity index (χ2n) is 4.53. The van der Waals surface area contributed by atoms with Gasteiger partial charge in [-0.1, -0.05) is 36.2 Å². The molecule has 0 spiro atoms. The monoisotopic (exact) mass is 237 g/mol. The molecule has 1 aromatic carbocycles. The van der Waals surface area contributed by atoms with Crippen LogP contribution < -0.4 is 5.73 Å². The number of ketones is 1. The van der Waals surface area contributed by atoms with Crippen LogP contribution in [0, 0.1) is 5.41 Å². The molecule has 0 saturated heterocycles. The van der Waals surface area contributed by atoms with E-state index >= 15 is 0 Å². The van der Waals surface area contributed by atoms with Crippen molar-refractivity contribution in [2.75, 3.05) is 6.54 Å². The van der Waals surface area contributed by atoms with Crippen molar-refractivity contribution in [2.45, 2.75) is 25.7 Å². The van der Waals surface area contributed by atoms with Gasteiger partial charge in [0.05, 0.1) is 0 Å². The van der Waals surface area contributed by atoms with Gasteiger partial charge in [-0.05, 0) is 24.5 Å². The molecule has 16 heavy (non-hydrogen) atoms. The standard InChI is InChI=1S/C13H16ClNO/c14-11-5-2-1-4-10(11)8-12(16)13(9-15)6-3-7-13/h1-2,4-5H,3,6-9,15H2. The molecule has 1 aromatic rings. The Morgan fingerprint density at radius 2 is 2.06 bits per heavy atom. The summed E-state index contributed by atoms with van der Waals surface area (Å²) in [6, 6.07) is 7.51. The molecule has 0 heterocycles. The van der Waals surface area contributed by atoms with E-state index in [0.717, 1.165) is 24.8 Å². The van der Waals surface area contributed by atoms with Gasteiger partial charge in [0.15, 0.2) is 0 Å². The van der Waals surface area contributed by atoms with Crippen LogP contribution in [0.1, 0.15) is 24.8 Å². The number of halogens is 1. The molecule has 86 valence electrons. The molecule has 2 N–H and O–H groups in total. The molecule has 0 aliphatic heterocycles. The van der Waals surface area contributed by atoms with Crippen LogP contribution in [0.2, 0.25) is 5.02 Å². The molecule has 0 aromatic heterocycles. The third-order valence-electron chi connectivity index (χ3n) is 3.60. The predicted molar refractivity (Wildman–Crippen MR) is 65.5 cm³/mol. The normalized spacial score (nSPS) is 17.9. The molecule has 1 aliphatic carbocycles. The molecule has 0 bridgehead atoms. The Balaban J connectivity index is 2.10. The predicted octanol–water partition coefficient (Wildman–Crippen LogP) is 2.58. The van der Waals surface area contributed by atoms with Gasteiger partial charge in [0.2, 0.25) is 0 Å². The van der Waals surface area contributed by atoms with Crippen LogP contribution in [0.15, 0.2) is 24.3 Å². The van der Waals surface area contributed by atoms with Crippen LogP contribution in [-0.2, 0) is 11.2 Å². The Kier molecular flexibility index (Phi) is 3.31. The van der Waals surface area contributed by atoms with E-state index in [9.17, 15) is 4.79 Å². The fourth-order valence-electron chi connectivity index (χ4n) is 2.20. The molecule has 0 radical (unpaired) electrons. The Bertz CT molecular complexity index is 393. The first kappa shape index (κ1) is 11.6. The topological polar surface area (TPSA) is 43.1 Å². The molecular formula is C13H16ClNO. The second-order valence-corrected chi connectivity index (χ2v) is 4.94. The fraction of sp³-hybridized carbons (Fsp3) is 0.462. The maximum absolute atomic E-state index is 12.2. The molecule has 0 amide bonds. The van der Waals surface area contributed by atoms with E-state index in [1.807, 2.05) is 24.3 Å². The summed E-state index contributed by atoms with van der Waals surface area (Å²) in [6.07, 6.45) is 3.40. The summed E-state index contributed by atoms with van der Waals surface area (Å²) in [6.45, 7) is 0.469. The largest absolute Gasteiger partial charge is 0.329 e. The number of hydrogen-bond acceptors (Lipinski definition) is 2. The molecule has 1 aliphatic rings. The van der Waals surface area contributed by atoms with Gasteiger partial charge < -0.3 is 5.73 Å². The third kappa shape index (κ3) is 2.00. The van der Waals surface area contributed by atoms with Crippen molar-refractivity contribution in [3.05, 3.63) is 34.9 Å². The first-order valence-corrected chi connectivity index (χ1v) is 6.02. The van der Waals surface area contributed by atoms with Crippen LogP contribution in [0.25, 0.3) is 0 Å². The van der Waals surface area contributed by atoms with E-state index in [4.69, 9.17) is 17.3 Å². The van der Waals surface area contributed by atoms with Gasteiger partial charge in [0, 0.05) is 23.4 Å². The van der Waals surface area contributed by atoms with Gasteiger partial charge in [0.25, 0.3) is 0 Å². The maximum Gasteiger partial charge on any atom is 0.144 e. The zero-order chi connectivity index (χ0) is 11.6. The average molecular weight is 238 g/mol. The van der Waals surface area contributed by atoms with Crippen molar-refractivity contribution in [3.8, 4) is 0 Å². The highest BCUT2D eigenvalue weighted by Crippen LogP contribution is 2.41. The first-order chi connectivity index (χ1) is 7.68. The highest BCUT2D eigenvalue weighted by Gasteiger charge is 2.42. The van der Waals surface area contributed by atoms with E-state index in [1.54, 1.807) is 0 Å². The lowest BCUT2D eigenvalue weighted by Crippen LogP contribution is -2.45. The second kappa shape index (κ2) is 4.56. The van der Waals surface area contributed by atoms with Crippen molar-refractivity contribution in [2.24, 2.45) is 11.1 Å². The molecule has 2 rings (SSSR count). The van der Waals surface area contributed by atoms with E-state index in [-0.39, 0.29) is 11.2 Å². The Morgan fingerprint density at radius 1 is 1.38 bits per heavy atom. The lowest BCUT2D eigenvalue weighted by atomic mass is 9.65. The lowest BCUT2D eigenvalue weighted by Gasteiger charge is -2.39. The van der Waals surface area contributed by atoms with Gasteiger partial charge in [-0.25, -0.2) is 0 Å². The number of nitrogens with two attached hydrogens (primary N) is 1. The summed E-state index contributed by atoms with van der Waals surface area (Å²) in [5.74, 6) is 0.245. The summed E-state index contributed by atoms with van der Waals surface area (Å²) < 4.78 is 0. The van der Waals surface area contributed by atoms with E-state index in [1.165, 1.54) is 0 Å². The first-order valence-electron chi connectivity index (χ1n) is 5.65. The van der Waals surface area contributed by atoms with E-state index in [2.05, 4.69) is 0 Å². The minimum absolute atomic E-state index is 0.245. The van der Waals surface area contributed by atoms with Gasteiger partial charge in [-0.3, -0.25) is 4.79 Å². The Labute approximate surface area is 101 Å².